The number of amides is 1. The lowest BCUT2D eigenvalue weighted by Gasteiger charge is -2.14. The van der Waals surface area contributed by atoms with Crippen LogP contribution >= 0.6 is 15.9 Å². The Kier molecular flexibility index (Phi) is 5.85. The zero-order valence-corrected chi connectivity index (χ0v) is 16.4. The third-order valence-electron chi connectivity index (χ3n) is 3.94. The molecule has 0 saturated carbocycles. The molecule has 1 aliphatic heterocycles. The molecule has 1 N–H and O–H groups in total. The zero-order chi connectivity index (χ0) is 19.4. The Labute approximate surface area is 164 Å². The monoisotopic (exact) mass is 435 g/mol. The predicted molar refractivity (Wildman–Crippen MR) is 100.0 cm³/mol. The highest BCUT2D eigenvalue weighted by Crippen LogP contribution is 2.32. The lowest BCUT2D eigenvalue weighted by molar-refractivity contribution is -0.129. The number of halogens is 1. The van der Waals surface area contributed by atoms with Gasteiger partial charge in [-0.05, 0) is 58.7 Å². The van der Waals surface area contributed by atoms with E-state index in [9.17, 15) is 9.59 Å². The maximum absolute atomic E-state index is 12.2. The van der Waals surface area contributed by atoms with E-state index in [4.69, 9.17) is 18.9 Å². The normalized spacial score (nSPS) is 13.0. The number of benzene rings is 2. The van der Waals surface area contributed by atoms with Gasteiger partial charge in [0.25, 0.3) is 5.91 Å². The number of rotatable bonds is 6. The van der Waals surface area contributed by atoms with Crippen LogP contribution in [0.5, 0.6) is 17.2 Å². The molecule has 0 radical (unpaired) electrons. The number of fused-ring (bicyclic) bond motifs is 1. The van der Waals surface area contributed by atoms with Crippen LogP contribution < -0.4 is 19.5 Å². The van der Waals surface area contributed by atoms with Gasteiger partial charge in [0.15, 0.2) is 17.6 Å². The summed E-state index contributed by atoms with van der Waals surface area (Å²) in [6.07, 6.45) is -0.938. The van der Waals surface area contributed by atoms with Crippen molar-refractivity contribution in [2.75, 3.05) is 13.9 Å². The van der Waals surface area contributed by atoms with Gasteiger partial charge in [0, 0.05) is 6.54 Å². The standard InChI is InChI=1S/C19H18BrNO6/c1-11(27-19(23)13-4-6-15(24-2)14(20)8-13)18(22)21-9-12-3-5-16-17(7-12)26-10-25-16/h3-8,11H,9-10H2,1-2H3,(H,21,22). The smallest absolute Gasteiger partial charge is 0.338 e. The van der Waals surface area contributed by atoms with Gasteiger partial charge >= 0.3 is 5.97 Å². The summed E-state index contributed by atoms with van der Waals surface area (Å²) in [6, 6.07) is 10.2. The molecule has 0 spiro atoms. The van der Waals surface area contributed by atoms with Gasteiger partial charge in [-0.1, -0.05) is 6.07 Å². The molecule has 1 aliphatic rings. The number of methoxy groups -OCH3 is 1. The first-order valence-corrected chi connectivity index (χ1v) is 8.98. The Morgan fingerprint density at radius 2 is 1.96 bits per heavy atom. The van der Waals surface area contributed by atoms with Crippen molar-refractivity contribution >= 4 is 27.8 Å². The molecule has 2 aromatic carbocycles. The van der Waals surface area contributed by atoms with Crippen molar-refractivity contribution in [3.63, 3.8) is 0 Å². The van der Waals surface area contributed by atoms with Crippen LogP contribution in [-0.2, 0) is 16.1 Å². The van der Waals surface area contributed by atoms with Crippen LogP contribution in [0.1, 0.15) is 22.8 Å². The van der Waals surface area contributed by atoms with Crippen molar-refractivity contribution in [3.05, 3.63) is 52.0 Å². The van der Waals surface area contributed by atoms with Gasteiger partial charge in [0.2, 0.25) is 6.79 Å². The Bertz CT molecular complexity index is 869. The summed E-state index contributed by atoms with van der Waals surface area (Å²) in [6.45, 7) is 2.00. The minimum absolute atomic E-state index is 0.194. The van der Waals surface area contributed by atoms with Crippen molar-refractivity contribution < 1.29 is 28.5 Å². The van der Waals surface area contributed by atoms with E-state index in [2.05, 4.69) is 21.2 Å². The van der Waals surface area contributed by atoms with Gasteiger partial charge in [0.1, 0.15) is 5.75 Å². The summed E-state index contributed by atoms with van der Waals surface area (Å²) in [7, 11) is 1.53. The van der Waals surface area contributed by atoms with Gasteiger partial charge in [-0.25, -0.2) is 4.79 Å². The Hall–Kier alpha value is -2.74. The van der Waals surface area contributed by atoms with E-state index in [0.29, 0.717) is 27.3 Å². The van der Waals surface area contributed by atoms with E-state index >= 15 is 0 Å². The average Bonchev–Trinajstić information content (AvgIpc) is 3.13. The highest BCUT2D eigenvalue weighted by molar-refractivity contribution is 9.10. The molecule has 1 unspecified atom stereocenters. The maximum Gasteiger partial charge on any atom is 0.338 e. The average molecular weight is 436 g/mol. The van der Waals surface area contributed by atoms with Crippen molar-refractivity contribution in [1.29, 1.82) is 0 Å². The quantitative estimate of drug-likeness (QED) is 0.702. The molecule has 1 amide bonds. The molecule has 8 heteroatoms. The van der Waals surface area contributed by atoms with Crippen molar-refractivity contribution in [1.82, 2.24) is 5.32 Å². The van der Waals surface area contributed by atoms with Crippen LogP contribution in [-0.4, -0.2) is 31.9 Å². The first-order valence-electron chi connectivity index (χ1n) is 8.18. The fourth-order valence-electron chi connectivity index (χ4n) is 2.46. The molecule has 3 rings (SSSR count). The second kappa shape index (κ2) is 8.30. The molecule has 27 heavy (non-hydrogen) atoms. The molecule has 0 bridgehead atoms. The summed E-state index contributed by atoms with van der Waals surface area (Å²) in [4.78, 5) is 24.4. The number of carbonyl (C=O) groups is 2. The van der Waals surface area contributed by atoms with Crippen molar-refractivity contribution in [2.24, 2.45) is 0 Å². The number of hydrogen-bond acceptors (Lipinski definition) is 6. The topological polar surface area (TPSA) is 83.1 Å². The van der Waals surface area contributed by atoms with Crippen molar-refractivity contribution in [2.45, 2.75) is 19.6 Å². The highest BCUT2D eigenvalue weighted by atomic mass is 79.9. The third kappa shape index (κ3) is 4.51. The Morgan fingerprint density at radius 1 is 1.19 bits per heavy atom. The summed E-state index contributed by atoms with van der Waals surface area (Å²) < 4.78 is 21.5. The molecule has 0 fully saturated rings. The van der Waals surface area contributed by atoms with E-state index in [1.54, 1.807) is 30.3 Å². The number of ether oxygens (including phenoxy) is 4. The fraction of sp³-hybridized carbons (Fsp3) is 0.263. The molecule has 0 aliphatic carbocycles. The molecule has 0 aromatic heterocycles. The zero-order valence-electron chi connectivity index (χ0n) is 14.8. The molecule has 1 atom stereocenters. The van der Waals surface area contributed by atoms with Crippen LogP contribution in [0.25, 0.3) is 0 Å². The molecule has 142 valence electrons. The first kappa shape index (κ1) is 19.0. The van der Waals surface area contributed by atoms with Gasteiger partial charge in [-0.2, -0.15) is 0 Å². The van der Waals surface area contributed by atoms with Crippen LogP contribution in [0.2, 0.25) is 0 Å². The predicted octanol–water partition coefficient (Wildman–Crippen LogP) is 3.05. The van der Waals surface area contributed by atoms with E-state index < -0.39 is 18.0 Å². The second-order valence-electron chi connectivity index (χ2n) is 5.80. The highest BCUT2D eigenvalue weighted by Gasteiger charge is 2.20. The molecule has 1 heterocycles. The lowest BCUT2D eigenvalue weighted by Crippen LogP contribution is -2.35. The fourth-order valence-corrected chi connectivity index (χ4v) is 3.00. The van der Waals surface area contributed by atoms with E-state index in [1.807, 2.05) is 6.07 Å². The van der Waals surface area contributed by atoms with Gasteiger partial charge in [-0.3, -0.25) is 4.79 Å². The van der Waals surface area contributed by atoms with Crippen molar-refractivity contribution in [3.8, 4) is 17.2 Å². The SMILES string of the molecule is COc1ccc(C(=O)OC(C)C(=O)NCc2ccc3c(c2)OCO3)cc1Br. The van der Waals surface area contributed by atoms with Crippen LogP contribution in [0.4, 0.5) is 0 Å². The lowest BCUT2D eigenvalue weighted by atomic mass is 10.2. The van der Waals surface area contributed by atoms with Crippen LogP contribution in [0.3, 0.4) is 0 Å². The molecular weight excluding hydrogens is 418 g/mol. The van der Waals surface area contributed by atoms with Gasteiger partial charge < -0.3 is 24.3 Å². The third-order valence-corrected chi connectivity index (χ3v) is 4.56. The van der Waals surface area contributed by atoms with Gasteiger partial charge in [-0.15, -0.1) is 0 Å². The number of carbonyl (C=O) groups excluding carboxylic acids is 2. The number of hydrogen-bond donors (Lipinski definition) is 1. The van der Waals surface area contributed by atoms with E-state index in [0.717, 1.165) is 5.56 Å². The summed E-state index contributed by atoms with van der Waals surface area (Å²) in [5.41, 5.74) is 1.17. The minimum Gasteiger partial charge on any atom is -0.496 e. The molecule has 2 aromatic rings. The summed E-state index contributed by atoms with van der Waals surface area (Å²) in [5.74, 6) is 0.933. The minimum atomic E-state index is -0.938. The Morgan fingerprint density at radius 3 is 2.70 bits per heavy atom. The maximum atomic E-state index is 12.2. The van der Waals surface area contributed by atoms with Crippen LogP contribution in [0.15, 0.2) is 40.9 Å². The van der Waals surface area contributed by atoms with E-state index in [1.165, 1.54) is 14.0 Å². The number of nitrogens with one attached hydrogen (secondary N) is 1. The Balaban J connectivity index is 1.54. The summed E-state index contributed by atoms with van der Waals surface area (Å²) >= 11 is 3.31. The molecule has 0 saturated heterocycles. The van der Waals surface area contributed by atoms with Crippen LogP contribution in [0, 0.1) is 0 Å². The van der Waals surface area contributed by atoms with E-state index in [-0.39, 0.29) is 13.3 Å². The number of esters is 1. The second-order valence-corrected chi connectivity index (χ2v) is 6.66. The first-order chi connectivity index (χ1) is 13.0. The van der Waals surface area contributed by atoms with Gasteiger partial charge in [0.05, 0.1) is 17.1 Å². The molecular formula is C19H18BrNO6. The molecule has 7 nitrogen and oxygen atoms in total. The summed E-state index contributed by atoms with van der Waals surface area (Å²) in [5, 5.41) is 2.73. The largest absolute Gasteiger partial charge is 0.496 e.